The largest absolute Gasteiger partial charge is 0.507 e. The lowest BCUT2D eigenvalue weighted by atomic mass is 9.67. The van der Waals surface area contributed by atoms with E-state index in [1.165, 1.54) is 20.1 Å². The van der Waals surface area contributed by atoms with Gasteiger partial charge < -0.3 is 24.6 Å². The van der Waals surface area contributed by atoms with Crippen LogP contribution in [0.3, 0.4) is 0 Å². The quantitative estimate of drug-likeness (QED) is 0.309. The third-order valence-corrected chi connectivity index (χ3v) is 7.96. The van der Waals surface area contributed by atoms with Crippen molar-refractivity contribution in [2.75, 3.05) is 13.7 Å². The van der Waals surface area contributed by atoms with Crippen molar-refractivity contribution in [1.29, 1.82) is 0 Å². The number of ether oxygens (including phenoxy) is 3. The summed E-state index contributed by atoms with van der Waals surface area (Å²) in [5, 5.41) is 15.7. The molecule has 43 heavy (non-hydrogen) atoms. The van der Waals surface area contributed by atoms with Gasteiger partial charge in [0.25, 0.3) is 5.91 Å². The zero-order valence-corrected chi connectivity index (χ0v) is 24.5. The number of hydrogen-bond donors (Lipinski definition) is 2. The van der Waals surface area contributed by atoms with E-state index in [4.69, 9.17) is 14.2 Å². The highest BCUT2D eigenvalue weighted by Crippen LogP contribution is 2.56. The van der Waals surface area contributed by atoms with E-state index in [0.29, 0.717) is 5.75 Å². The highest BCUT2D eigenvalue weighted by atomic mass is 16.5. The number of benzene rings is 3. The van der Waals surface area contributed by atoms with Gasteiger partial charge in [-0.05, 0) is 43.4 Å². The fraction of sp³-hybridized carbons (Fsp3) is 0.294. The second-order valence-electron chi connectivity index (χ2n) is 10.6. The number of Topliss-reactive ketones (excluding diaryl/α,β-unsaturated/α-hetero) is 2. The number of fused-ring (bicyclic) bond motifs is 4. The monoisotopic (exact) mass is 581 g/mol. The number of aromatic hydroxyl groups is 1. The van der Waals surface area contributed by atoms with E-state index in [0.717, 1.165) is 41.3 Å². The molecule has 1 aliphatic carbocycles. The van der Waals surface area contributed by atoms with Gasteiger partial charge in [-0.2, -0.15) is 0 Å². The van der Waals surface area contributed by atoms with Crippen LogP contribution in [0.2, 0.25) is 0 Å². The minimum Gasteiger partial charge on any atom is -0.507 e. The Morgan fingerprint density at radius 2 is 1.84 bits per heavy atom. The van der Waals surface area contributed by atoms with Crippen LogP contribution in [0.15, 0.2) is 48.2 Å². The molecule has 3 aromatic rings. The Kier molecular flexibility index (Phi) is 7.72. The van der Waals surface area contributed by atoms with Gasteiger partial charge in [-0.15, -0.1) is 5.92 Å². The van der Waals surface area contributed by atoms with Crippen LogP contribution in [0.25, 0.3) is 10.8 Å². The van der Waals surface area contributed by atoms with Crippen molar-refractivity contribution in [3.8, 4) is 34.8 Å². The first kappa shape index (κ1) is 29.4. The second-order valence-corrected chi connectivity index (χ2v) is 10.6. The summed E-state index contributed by atoms with van der Waals surface area (Å²) < 4.78 is 17.3. The van der Waals surface area contributed by atoms with Gasteiger partial charge in [0.2, 0.25) is 0 Å². The predicted octanol–water partition coefficient (Wildman–Crippen LogP) is 4.48. The number of hydrogen-bond acceptors (Lipinski definition) is 8. The molecule has 0 saturated heterocycles. The van der Waals surface area contributed by atoms with Crippen molar-refractivity contribution in [3.05, 3.63) is 70.5 Å². The molecule has 0 aromatic heterocycles. The molecule has 1 unspecified atom stereocenters. The third-order valence-electron chi connectivity index (χ3n) is 7.96. The normalized spacial score (nSPS) is 18.5. The zero-order valence-electron chi connectivity index (χ0n) is 24.5. The van der Waals surface area contributed by atoms with Gasteiger partial charge in [-0.3, -0.25) is 19.2 Å². The van der Waals surface area contributed by atoms with Crippen LogP contribution in [0, 0.1) is 24.7 Å². The summed E-state index contributed by atoms with van der Waals surface area (Å²) in [5.74, 6) is 1.99. The van der Waals surface area contributed by atoms with E-state index in [-0.39, 0.29) is 47.3 Å². The minimum atomic E-state index is -1.64. The number of methoxy groups -OCH3 is 1. The maximum Gasteiger partial charge on any atom is 0.259 e. The lowest BCUT2D eigenvalue weighted by Crippen LogP contribution is -2.47. The molecular weight excluding hydrogens is 550 g/mol. The molecule has 220 valence electrons. The highest BCUT2D eigenvalue weighted by molar-refractivity contribution is 6.27. The number of allylic oxidation sites excluding steroid dienone is 2. The van der Waals surface area contributed by atoms with Crippen molar-refractivity contribution < 1.29 is 38.5 Å². The summed E-state index contributed by atoms with van der Waals surface area (Å²) in [4.78, 5) is 52.1. The zero-order chi connectivity index (χ0) is 31.1. The number of carbonyl (C=O) groups excluding carboxylic acids is 4. The molecule has 1 aliphatic heterocycles. The van der Waals surface area contributed by atoms with Crippen LogP contribution in [0.4, 0.5) is 0 Å². The van der Waals surface area contributed by atoms with Gasteiger partial charge in [0, 0.05) is 30.5 Å². The summed E-state index contributed by atoms with van der Waals surface area (Å²) in [7, 11) is 1.34. The average Bonchev–Trinajstić information content (AvgIpc) is 3.27. The summed E-state index contributed by atoms with van der Waals surface area (Å²) >= 11 is 0. The van der Waals surface area contributed by atoms with E-state index in [1.807, 2.05) is 44.2 Å². The Labute approximate surface area is 248 Å². The molecule has 1 heterocycles. The molecule has 0 spiro atoms. The Balaban J connectivity index is 1.52. The van der Waals surface area contributed by atoms with E-state index in [2.05, 4.69) is 17.2 Å². The SMILES string of the molecule is CCC#CCOc1cc(C)c(CNC(=O)c2c(OC)cc(O)c3c2OC2=CC(=O)C(C(C)=O)C(=O)[C@]23C)c2ccccc12. The van der Waals surface area contributed by atoms with E-state index in [1.54, 1.807) is 0 Å². The van der Waals surface area contributed by atoms with Crippen molar-refractivity contribution in [1.82, 2.24) is 5.32 Å². The molecule has 2 atom stereocenters. The van der Waals surface area contributed by atoms with Crippen molar-refractivity contribution in [2.45, 2.75) is 46.1 Å². The number of nitrogens with one attached hydrogen (secondary N) is 1. The smallest absolute Gasteiger partial charge is 0.259 e. The third kappa shape index (κ3) is 4.79. The van der Waals surface area contributed by atoms with Crippen LogP contribution >= 0.6 is 0 Å². The Bertz CT molecular complexity index is 1810. The maximum atomic E-state index is 13.8. The molecule has 2 N–H and O–H groups in total. The topological polar surface area (TPSA) is 128 Å². The molecule has 9 nitrogen and oxygen atoms in total. The molecule has 0 radical (unpaired) electrons. The minimum absolute atomic E-state index is 0.00255. The Hall–Kier alpha value is -5.10. The number of ketones is 3. The van der Waals surface area contributed by atoms with Gasteiger partial charge in [0.1, 0.15) is 52.3 Å². The lowest BCUT2D eigenvalue weighted by molar-refractivity contribution is -0.140. The van der Waals surface area contributed by atoms with Gasteiger partial charge >= 0.3 is 0 Å². The van der Waals surface area contributed by atoms with E-state index < -0.39 is 34.6 Å². The number of carbonyl (C=O) groups is 4. The molecule has 0 fully saturated rings. The fourth-order valence-electron chi connectivity index (χ4n) is 5.79. The number of phenols is 1. The van der Waals surface area contributed by atoms with Gasteiger partial charge in [0.15, 0.2) is 17.3 Å². The summed E-state index contributed by atoms with van der Waals surface area (Å²) in [6.45, 7) is 6.91. The van der Waals surface area contributed by atoms with Crippen LogP contribution < -0.4 is 19.5 Å². The molecule has 5 rings (SSSR count). The Morgan fingerprint density at radius 3 is 2.51 bits per heavy atom. The molecule has 3 aromatic carbocycles. The second kappa shape index (κ2) is 11.3. The number of phenolic OH excluding ortho intramolecular Hbond substituents is 1. The molecule has 0 bridgehead atoms. The fourth-order valence-corrected chi connectivity index (χ4v) is 5.79. The number of amides is 1. The average molecular weight is 582 g/mol. The first-order valence-electron chi connectivity index (χ1n) is 13.9. The Morgan fingerprint density at radius 1 is 1.12 bits per heavy atom. The van der Waals surface area contributed by atoms with Crippen molar-refractivity contribution in [3.63, 3.8) is 0 Å². The van der Waals surface area contributed by atoms with Crippen LogP contribution in [0.5, 0.6) is 23.0 Å². The molecule has 1 amide bonds. The molecule has 9 heteroatoms. The van der Waals surface area contributed by atoms with Crippen molar-refractivity contribution in [2.24, 2.45) is 5.92 Å². The van der Waals surface area contributed by atoms with Gasteiger partial charge in [0.05, 0.1) is 12.7 Å². The van der Waals surface area contributed by atoms with Gasteiger partial charge in [-0.25, -0.2) is 0 Å². The van der Waals surface area contributed by atoms with E-state index in [9.17, 15) is 24.3 Å². The summed E-state index contributed by atoms with van der Waals surface area (Å²) in [6, 6.07) is 10.8. The van der Waals surface area contributed by atoms with Crippen LogP contribution in [0.1, 0.15) is 54.2 Å². The van der Waals surface area contributed by atoms with Gasteiger partial charge in [-0.1, -0.05) is 37.1 Å². The summed E-state index contributed by atoms with van der Waals surface area (Å²) in [6.07, 6.45) is 1.83. The number of rotatable bonds is 7. The lowest BCUT2D eigenvalue weighted by Gasteiger charge is -2.30. The molecular formula is C34H31NO8. The summed E-state index contributed by atoms with van der Waals surface area (Å²) in [5.41, 5.74) is 0.0553. The molecule has 2 aliphatic rings. The number of aryl methyl sites for hydroxylation is 1. The maximum absolute atomic E-state index is 13.8. The first-order chi connectivity index (χ1) is 20.5. The molecule has 0 saturated carbocycles. The predicted molar refractivity (Wildman–Crippen MR) is 158 cm³/mol. The van der Waals surface area contributed by atoms with Crippen LogP contribution in [-0.2, 0) is 26.3 Å². The van der Waals surface area contributed by atoms with Crippen molar-refractivity contribution >= 4 is 34.0 Å². The van der Waals surface area contributed by atoms with E-state index >= 15 is 0 Å². The highest BCUT2D eigenvalue weighted by Gasteiger charge is 2.58. The first-order valence-corrected chi connectivity index (χ1v) is 13.9. The van der Waals surface area contributed by atoms with Crippen LogP contribution in [-0.4, -0.2) is 42.1 Å². The standard InChI is InChI=1S/C34H31NO8/c1-6-7-10-13-42-25-14-18(2)22(20-11-8-9-12-21(20)25)17-35-33(40)29-26(41-5)15-24(38)30-31(29)43-27-16-23(37)28(19(3)36)32(39)34(27,30)4/h8-9,11-12,14-16,28,38H,6,13,17H2,1-5H3,(H,35,40)/t28?,34-/m1/s1.